The molecule has 0 radical (unpaired) electrons. The van der Waals surface area contributed by atoms with E-state index in [0.717, 1.165) is 12.8 Å². The van der Waals surface area contributed by atoms with Gasteiger partial charge < -0.3 is 0 Å². The number of unbranched alkanes of at least 4 members (excludes halogenated alkanes) is 7. The van der Waals surface area contributed by atoms with Gasteiger partial charge in [0.1, 0.15) is 0 Å². The summed E-state index contributed by atoms with van der Waals surface area (Å²) in [5.74, 6) is -0.186. The first-order valence-corrected chi connectivity index (χ1v) is 8.47. The third-order valence-corrected chi connectivity index (χ3v) is 3.84. The zero-order chi connectivity index (χ0) is 16.5. The van der Waals surface area contributed by atoms with Crippen LogP contribution >= 0.6 is 0 Å². The van der Waals surface area contributed by atoms with Gasteiger partial charge in [0.05, 0.1) is 5.57 Å². The second-order valence-corrected chi connectivity index (χ2v) is 5.81. The highest BCUT2D eigenvalue weighted by molar-refractivity contribution is 6.33. The molecule has 6 nitrogen and oxygen atoms in total. The van der Waals surface area contributed by atoms with E-state index < -0.39 is 5.91 Å². The van der Waals surface area contributed by atoms with E-state index in [1.807, 2.05) is 0 Å². The van der Waals surface area contributed by atoms with Gasteiger partial charge in [-0.25, -0.2) is 4.99 Å². The zero-order valence-corrected chi connectivity index (χ0v) is 13.7. The normalized spacial score (nSPS) is 15.9. The topological polar surface area (TPSA) is 83.2 Å². The molecule has 6 heteroatoms. The third-order valence-electron chi connectivity index (χ3n) is 3.84. The Morgan fingerprint density at radius 1 is 1.04 bits per heavy atom. The average molecular weight is 316 g/mol. The fraction of sp³-hybridized carbons (Fsp3) is 0.588. The van der Waals surface area contributed by atoms with Crippen molar-refractivity contribution in [3.63, 3.8) is 0 Å². The smallest absolute Gasteiger partial charge is 0.284 e. The summed E-state index contributed by atoms with van der Waals surface area (Å²) in [7, 11) is 0. The van der Waals surface area contributed by atoms with Gasteiger partial charge in [0.15, 0.2) is 5.84 Å². The van der Waals surface area contributed by atoms with Gasteiger partial charge in [-0.15, -0.1) is 0 Å². The molecule has 0 aliphatic carbocycles. The molecular weight excluding hydrogens is 292 g/mol. The van der Waals surface area contributed by atoms with E-state index in [2.05, 4.69) is 27.2 Å². The summed E-state index contributed by atoms with van der Waals surface area (Å²) in [6, 6.07) is 0. The molecular formula is C17H24N4O2. The average Bonchev–Trinajstić information content (AvgIpc) is 2.99. The second kappa shape index (κ2) is 9.12. The lowest BCUT2D eigenvalue weighted by Gasteiger charge is -2.09. The van der Waals surface area contributed by atoms with Crippen molar-refractivity contribution in [2.75, 3.05) is 0 Å². The number of aliphatic imine (C=N–C) groups is 3. The standard InChI is InChI=1S/C17H24N4O2/c1-2-3-4-5-6-7-8-9-10-14(22)19-17-20-15-13(11-12-18-15)16(23)21-17/h11-12H,2-10H2,1H3,(H,19,21,22,23). The predicted molar refractivity (Wildman–Crippen MR) is 91.8 cm³/mol. The van der Waals surface area contributed by atoms with Crippen molar-refractivity contribution >= 4 is 29.8 Å². The van der Waals surface area contributed by atoms with Crippen molar-refractivity contribution in [2.24, 2.45) is 15.0 Å². The number of carbonyl (C=O) groups is 2. The van der Waals surface area contributed by atoms with E-state index in [1.165, 1.54) is 44.7 Å². The molecule has 2 heterocycles. The van der Waals surface area contributed by atoms with Gasteiger partial charge >= 0.3 is 0 Å². The van der Waals surface area contributed by atoms with E-state index in [0.29, 0.717) is 17.8 Å². The first kappa shape index (κ1) is 17.2. The number of nitrogens with zero attached hydrogens (tertiary/aromatic N) is 3. The van der Waals surface area contributed by atoms with Gasteiger partial charge in [-0.3, -0.25) is 14.9 Å². The van der Waals surface area contributed by atoms with Crippen LogP contribution < -0.4 is 5.32 Å². The van der Waals surface area contributed by atoms with Crippen LogP contribution in [-0.4, -0.2) is 29.8 Å². The van der Waals surface area contributed by atoms with E-state index in [4.69, 9.17) is 0 Å². The van der Waals surface area contributed by atoms with E-state index in [1.54, 1.807) is 6.08 Å². The Morgan fingerprint density at radius 2 is 1.74 bits per heavy atom. The summed E-state index contributed by atoms with van der Waals surface area (Å²) in [5, 5.41) is 2.58. The molecule has 0 bridgehead atoms. The maximum Gasteiger partial charge on any atom is 0.284 e. The SMILES string of the molecule is CCCCCCCCCCC(=O)NC1=NC(=O)C2=CC=NC2=N1. The summed E-state index contributed by atoms with van der Waals surface area (Å²) in [6.45, 7) is 2.21. The highest BCUT2D eigenvalue weighted by Crippen LogP contribution is 2.13. The monoisotopic (exact) mass is 316 g/mol. The molecule has 2 aliphatic rings. The molecule has 23 heavy (non-hydrogen) atoms. The van der Waals surface area contributed by atoms with E-state index >= 15 is 0 Å². The van der Waals surface area contributed by atoms with Crippen LogP contribution in [-0.2, 0) is 9.59 Å². The van der Waals surface area contributed by atoms with Gasteiger partial charge in [0.25, 0.3) is 5.91 Å². The summed E-state index contributed by atoms with van der Waals surface area (Å²) in [5.41, 5.74) is 0.381. The van der Waals surface area contributed by atoms with Crippen molar-refractivity contribution < 1.29 is 9.59 Å². The van der Waals surface area contributed by atoms with Gasteiger partial charge in [0.2, 0.25) is 11.9 Å². The van der Waals surface area contributed by atoms with Crippen LogP contribution in [0.15, 0.2) is 26.6 Å². The zero-order valence-electron chi connectivity index (χ0n) is 13.7. The maximum atomic E-state index is 11.9. The Bertz CT molecular complexity index is 573. The van der Waals surface area contributed by atoms with Crippen LogP contribution in [0, 0.1) is 0 Å². The number of hydrogen-bond donors (Lipinski definition) is 1. The molecule has 2 amide bonds. The first-order valence-electron chi connectivity index (χ1n) is 8.47. The number of rotatable bonds is 9. The van der Waals surface area contributed by atoms with Gasteiger partial charge in [-0.05, 0) is 12.5 Å². The minimum atomic E-state index is -0.408. The molecule has 0 saturated heterocycles. The number of carbonyl (C=O) groups excluding carboxylic acids is 2. The van der Waals surface area contributed by atoms with Crippen LogP contribution in [0.25, 0.3) is 0 Å². The minimum Gasteiger partial charge on any atom is -0.294 e. The summed E-state index contributed by atoms with van der Waals surface area (Å²) in [6.07, 6.45) is 13.0. The molecule has 2 rings (SSSR count). The number of fused-ring (bicyclic) bond motifs is 1. The number of allylic oxidation sites excluding steroid dienone is 1. The van der Waals surface area contributed by atoms with E-state index in [-0.39, 0.29) is 11.9 Å². The number of nitrogens with one attached hydrogen (secondary N) is 1. The molecule has 0 aromatic heterocycles. The molecule has 0 saturated carbocycles. The lowest BCUT2D eigenvalue weighted by Crippen LogP contribution is -2.33. The Kier molecular flexibility index (Phi) is 6.84. The first-order chi connectivity index (χ1) is 11.2. The Balaban J connectivity index is 1.61. The molecule has 0 atom stereocenters. The summed E-state index contributed by atoms with van der Waals surface area (Å²) < 4.78 is 0. The van der Waals surface area contributed by atoms with Crippen LogP contribution in [0.4, 0.5) is 0 Å². The summed E-state index contributed by atoms with van der Waals surface area (Å²) >= 11 is 0. The molecule has 0 spiro atoms. The van der Waals surface area contributed by atoms with Crippen molar-refractivity contribution in [3.8, 4) is 0 Å². The highest BCUT2D eigenvalue weighted by Gasteiger charge is 2.24. The fourth-order valence-corrected chi connectivity index (χ4v) is 2.53. The molecule has 124 valence electrons. The van der Waals surface area contributed by atoms with Crippen LogP contribution in [0.3, 0.4) is 0 Å². The van der Waals surface area contributed by atoms with Crippen molar-refractivity contribution in [3.05, 3.63) is 11.6 Å². The number of amidine groups is 1. The predicted octanol–water partition coefficient (Wildman–Crippen LogP) is 2.94. The maximum absolute atomic E-state index is 11.9. The molecule has 1 N–H and O–H groups in total. The van der Waals surface area contributed by atoms with Gasteiger partial charge in [-0.2, -0.15) is 9.98 Å². The van der Waals surface area contributed by atoms with E-state index in [9.17, 15) is 9.59 Å². The molecule has 0 aromatic rings. The molecule has 0 fully saturated rings. The lowest BCUT2D eigenvalue weighted by molar-refractivity contribution is -0.119. The number of amides is 2. The highest BCUT2D eigenvalue weighted by atomic mass is 16.2. The van der Waals surface area contributed by atoms with Crippen LogP contribution in [0.2, 0.25) is 0 Å². The minimum absolute atomic E-state index is 0.0470. The quantitative estimate of drug-likeness (QED) is 0.663. The molecule has 0 unspecified atom stereocenters. The van der Waals surface area contributed by atoms with Crippen molar-refractivity contribution in [2.45, 2.75) is 64.7 Å². The van der Waals surface area contributed by atoms with Crippen LogP contribution in [0.1, 0.15) is 64.7 Å². The molecule has 0 aromatic carbocycles. The number of guanidine groups is 1. The van der Waals surface area contributed by atoms with Crippen molar-refractivity contribution in [1.29, 1.82) is 0 Å². The summed E-state index contributed by atoms with van der Waals surface area (Å²) in [4.78, 5) is 35.4. The second-order valence-electron chi connectivity index (χ2n) is 5.81. The van der Waals surface area contributed by atoms with Gasteiger partial charge in [0, 0.05) is 12.6 Å². The Hall–Kier alpha value is -2.11. The third kappa shape index (κ3) is 5.54. The lowest BCUT2D eigenvalue weighted by atomic mass is 10.1. The molecule has 2 aliphatic heterocycles. The largest absolute Gasteiger partial charge is 0.294 e. The Labute approximate surface area is 136 Å². The van der Waals surface area contributed by atoms with Gasteiger partial charge in [-0.1, -0.05) is 51.9 Å². The Morgan fingerprint density at radius 3 is 2.48 bits per heavy atom. The van der Waals surface area contributed by atoms with Crippen LogP contribution in [0.5, 0.6) is 0 Å². The van der Waals surface area contributed by atoms with Crippen molar-refractivity contribution in [1.82, 2.24) is 5.32 Å². The number of hydrogen-bond acceptors (Lipinski definition) is 4. The fourth-order valence-electron chi connectivity index (χ4n) is 2.53.